The summed E-state index contributed by atoms with van der Waals surface area (Å²) in [5, 5.41) is 0.225. The molecule has 0 saturated carbocycles. The quantitative estimate of drug-likeness (QED) is 0.357. The van der Waals surface area contributed by atoms with Gasteiger partial charge in [0.05, 0.1) is 0 Å². The standard InChI is InChI=1S/C21H32O3SeSi/c1-16(12-13-23-26(5,6)21(2,3)4)14-17-15-19(20(22)24-17)25-18-10-8-7-9-11-18/h7-12,17,19H,13-15H2,1-6H3/b16-12+/t17-,19?/m1/s1. The van der Waals surface area contributed by atoms with Gasteiger partial charge in [-0.2, -0.15) is 0 Å². The molecule has 1 aromatic rings. The molecule has 0 amide bonds. The average Bonchev–Trinajstić information content (AvgIpc) is 2.86. The summed E-state index contributed by atoms with van der Waals surface area (Å²) in [6.45, 7) is 14.1. The summed E-state index contributed by atoms with van der Waals surface area (Å²) < 4.78 is 13.1. The number of rotatable bonds is 7. The second kappa shape index (κ2) is 8.88. The third-order valence-corrected chi connectivity index (χ3v) is 12.3. The first-order valence-electron chi connectivity index (χ1n) is 9.30. The molecule has 2 atom stereocenters. The van der Waals surface area contributed by atoms with Crippen molar-refractivity contribution in [3.63, 3.8) is 0 Å². The van der Waals surface area contributed by atoms with E-state index in [0.717, 1.165) is 12.8 Å². The van der Waals surface area contributed by atoms with Gasteiger partial charge < -0.3 is 0 Å². The molecular formula is C21H32O3SeSi. The van der Waals surface area contributed by atoms with Crippen molar-refractivity contribution in [3.05, 3.63) is 42.0 Å². The van der Waals surface area contributed by atoms with Crippen LogP contribution in [0.15, 0.2) is 42.0 Å². The van der Waals surface area contributed by atoms with Crippen LogP contribution in [0.3, 0.4) is 0 Å². The normalized spacial score (nSPS) is 21.8. The van der Waals surface area contributed by atoms with Gasteiger partial charge in [-0.05, 0) is 0 Å². The van der Waals surface area contributed by atoms with E-state index in [1.54, 1.807) is 0 Å². The van der Waals surface area contributed by atoms with Crippen LogP contribution in [0, 0.1) is 0 Å². The Kier molecular flexibility index (Phi) is 7.32. The molecule has 0 aliphatic carbocycles. The van der Waals surface area contributed by atoms with Crippen molar-refractivity contribution in [2.45, 2.75) is 69.6 Å². The van der Waals surface area contributed by atoms with Crippen molar-refractivity contribution in [3.8, 4) is 0 Å². The Balaban J connectivity index is 1.82. The fraction of sp³-hybridized carbons (Fsp3) is 0.571. The van der Waals surface area contributed by atoms with E-state index >= 15 is 0 Å². The molecule has 3 nitrogen and oxygen atoms in total. The molecule has 0 aromatic heterocycles. The summed E-state index contributed by atoms with van der Waals surface area (Å²) >= 11 is 0.149. The second-order valence-corrected chi connectivity index (χ2v) is 16.0. The average molecular weight is 440 g/mol. The molecule has 0 spiro atoms. The number of hydrogen-bond acceptors (Lipinski definition) is 3. The molecule has 0 N–H and O–H groups in total. The van der Waals surface area contributed by atoms with Crippen molar-refractivity contribution in [2.75, 3.05) is 6.61 Å². The molecule has 1 saturated heterocycles. The summed E-state index contributed by atoms with van der Waals surface area (Å²) in [4.78, 5) is 12.2. The molecule has 144 valence electrons. The minimum atomic E-state index is -1.71. The van der Waals surface area contributed by atoms with Gasteiger partial charge in [-0.25, -0.2) is 0 Å². The first-order valence-corrected chi connectivity index (χ1v) is 14.1. The number of ether oxygens (including phenoxy) is 1. The number of esters is 1. The van der Waals surface area contributed by atoms with Gasteiger partial charge in [-0.1, -0.05) is 0 Å². The number of cyclic esters (lactones) is 1. The third-order valence-electron chi connectivity index (χ3n) is 5.28. The fourth-order valence-electron chi connectivity index (χ4n) is 2.56. The van der Waals surface area contributed by atoms with Crippen LogP contribution in [0.5, 0.6) is 0 Å². The Bertz CT molecular complexity index is 634. The van der Waals surface area contributed by atoms with E-state index in [9.17, 15) is 4.79 Å². The van der Waals surface area contributed by atoms with Crippen molar-refractivity contribution in [2.24, 2.45) is 0 Å². The topological polar surface area (TPSA) is 35.5 Å². The molecule has 1 unspecified atom stereocenters. The summed E-state index contributed by atoms with van der Waals surface area (Å²) in [7, 11) is -1.71. The van der Waals surface area contributed by atoms with E-state index in [1.165, 1.54) is 10.0 Å². The summed E-state index contributed by atoms with van der Waals surface area (Å²) in [6, 6.07) is 10.3. The maximum absolute atomic E-state index is 12.2. The summed E-state index contributed by atoms with van der Waals surface area (Å²) in [6.07, 6.45) is 3.82. The number of carbonyl (C=O) groups is 1. The van der Waals surface area contributed by atoms with Crippen LogP contribution in [-0.4, -0.2) is 42.0 Å². The van der Waals surface area contributed by atoms with Gasteiger partial charge in [0.2, 0.25) is 0 Å². The summed E-state index contributed by atoms with van der Waals surface area (Å²) in [5.41, 5.74) is 1.24. The van der Waals surface area contributed by atoms with Gasteiger partial charge >= 0.3 is 166 Å². The van der Waals surface area contributed by atoms with E-state index in [0.29, 0.717) is 6.61 Å². The van der Waals surface area contributed by atoms with Crippen molar-refractivity contribution >= 4 is 33.7 Å². The molecule has 5 heteroatoms. The van der Waals surface area contributed by atoms with E-state index in [2.05, 4.69) is 59.0 Å². The molecule has 0 radical (unpaired) electrons. The Labute approximate surface area is 165 Å². The van der Waals surface area contributed by atoms with Crippen LogP contribution < -0.4 is 4.46 Å². The molecule has 0 bridgehead atoms. The first kappa shape index (κ1) is 21.4. The zero-order valence-corrected chi connectivity index (χ0v) is 19.6. The molecule has 1 fully saturated rings. The molecular weight excluding hydrogens is 407 g/mol. The van der Waals surface area contributed by atoms with E-state index in [-0.39, 0.29) is 36.9 Å². The number of benzene rings is 1. The Hall–Kier alpha value is -0.874. The summed E-state index contributed by atoms with van der Waals surface area (Å²) in [5.74, 6) is -0.0239. The van der Waals surface area contributed by atoms with Gasteiger partial charge in [0.25, 0.3) is 0 Å². The van der Waals surface area contributed by atoms with Crippen molar-refractivity contribution in [1.29, 1.82) is 0 Å². The van der Waals surface area contributed by atoms with Crippen LogP contribution in [0.1, 0.15) is 40.5 Å². The monoisotopic (exact) mass is 440 g/mol. The predicted octanol–water partition coefficient (Wildman–Crippen LogP) is 4.48. The molecule has 2 rings (SSSR count). The van der Waals surface area contributed by atoms with Gasteiger partial charge in [-0.3, -0.25) is 0 Å². The Morgan fingerprint density at radius 1 is 1.31 bits per heavy atom. The zero-order valence-electron chi connectivity index (χ0n) is 16.9. The van der Waals surface area contributed by atoms with Crippen LogP contribution >= 0.6 is 0 Å². The van der Waals surface area contributed by atoms with E-state index in [1.807, 2.05) is 18.2 Å². The molecule has 1 aliphatic heterocycles. The third kappa shape index (κ3) is 6.09. The Morgan fingerprint density at radius 2 is 1.96 bits per heavy atom. The molecule has 1 aliphatic rings. The number of hydrogen-bond donors (Lipinski definition) is 0. The minimum absolute atomic E-state index is 0.0159. The van der Waals surface area contributed by atoms with E-state index < -0.39 is 8.32 Å². The van der Waals surface area contributed by atoms with Gasteiger partial charge in [0.15, 0.2) is 0 Å². The van der Waals surface area contributed by atoms with Crippen molar-refractivity contribution < 1.29 is 14.0 Å². The first-order chi connectivity index (χ1) is 12.1. The second-order valence-electron chi connectivity index (χ2n) is 8.54. The Morgan fingerprint density at radius 3 is 2.58 bits per heavy atom. The van der Waals surface area contributed by atoms with Crippen molar-refractivity contribution in [1.82, 2.24) is 0 Å². The molecule has 1 aromatic carbocycles. The zero-order chi connectivity index (χ0) is 19.4. The van der Waals surface area contributed by atoms with Crippen LogP contribution in [-0.2, 0) is 14.0 Å². The fourth-order valence-corrected chi connectivity index (χ4v) is 5.81. The predicted molar refractivity (Wildman–Crippen MR) is 112 cm³/mol. The van der Waals surface area contributed by atoms with Crippen LogP contribution in [0.4, 0.5) is 0 Å². The molecule has 26 heavy (non-hydrogen) atoms. The molecule has 1 heterocycles. The van der Waals surface area contributed by atoms with E-state index in [4.69, 9.17) is 9.16 Å². The van der Waals surface area contributed by atoms with Crippen LogP contribution in [0.25, 0.3) is 0 Å². The number of carbonyl (C=O) groups excluding carboxylic acids is 1. The van der Waals surface area contributed by atoms with Gasteiger partial charge in [0.1, 0.15) is 0 Å². The van der Waals surface area contributed by atoms with Crippen LogP contribution in [0.2, 0.25) is 22.9 Å². The maximum atomic E-state index is 12.2. The van der Waals surface area contributed by atoms with Gasteiger partial charge in [0, 0.05) is 0 Å². The van der Waals surface area contributed by atoms with Gasteiger partial charge in [-0.15, -0.1) is 0 Å². The SMILES string of the molecule is C/C(=C\CO[Si](C)(C)C(C)(C)C)C[C@@H]1CC([Se]c2ccccc2)C(=O)O1.